The lowest BCUT2D eigenvalue weighted by Crippen LogP contribution is -2.03. The van der Waals surface area contributed by atoms with Crippen LogP contribution in [0, 0.1) is 18.6 Å². The average molecular weight is 316 g/mol. The van der Waals surface area contributed by atoms with Crippen LogP contribution in [0.5, 0.6) is 0 Å². The molecule has 0 amide bonds. The van der Waals surface area contributed by atoms with Crippen molar-refractivity contribution in [1.29, 1.82) is 0 Å². The standard InChI is InChI=1S/C12H12BrF2N3/c1-3-18-6-7(2)16-12(18)17-11-4-8(13)9(14)5-10(11)15/h4-6H,3H2,1-2H3,(H,16,17). The Kier molecular flexibility index (Phi) is 3.65. The molecule has 3 nitrogen and oxygen atoms in total. The number of aromatic nitrogens is 2. The zero-order valence-electron chi connectivity index (χ0n) is 9.97. The van der Waals surface area contributed by atoms with Crippen LogP contribution in [0.25, 0.3) is 0 Å². The maximum Gasteiger partial charge on any atom is 0.207 e. The second-order valence-corrected chi connectivity index (χ2v) is 4.72. The van der Waals surface area contributed by atoms with Crippen LogP contribution in [-0.4, -0.2) is 9.55 Å². The number of anilines is 2. The fourth-order valence-corrected chi connectivity index (χ4v) is 1.97. The summed E-state index contributed by atoms with van der Waals surface area (Å²) in [6.07, 6.45) is 1.86. The molecule has 2 rings (SSSR count). The van der Waals surface area contributed by atoms with Gasteiger partial charge in [-0.25, -0.2) is 13.8 Å². The lowest BCUT2D eigenvalue weighted by molar-refractivity contribution is 0.581. The summed E-state index contributed by atoms with van der Waals surface area (Å²) in [7, 11) is 0. The number of aryl methyl sites for hydroxylation is 2. The van der Waals surface area contributed by atoms with Crippen LogP contribution in [0.15, 0.2) is 22.8 Å². The lowest BCUT2D eigenvalue weighted by atomic mass is 10.3. The van der Waals surface area contributed by atoms with Gasteiger partial charge in [-0.2, -0.15) is 0 Å². The van der Waals surface area contributed by atoms with Gasteiger partial charge in [0.2, 0.25) is 5.95 Å². The molecule has 0 aliphatic rings. The highest BCUT2D eigenvalue weighted by atomic mass is 79.9. The van der Waals surface area contributed by atoms with Crippen molar-refractivity contribution in [3.05, 3.63) is 40.1 Å². The first-order chi connectivity index (χ1) is 8.51. The lowest BCUT2D eigenvalue weighted by Gasteiger charge is -2.09. The highest BCUT2D eigenvalue weighted by molar-refractivity contribution is 9.10. The molecule has 1 aromatic heterocycles. The van der Waals surface area contributed by atoms with Crippen LogP contribution in [0.2, 0.25) is 0 Å². The van der Waals surface area contributed by atoms with E-state index in [-0.39, 0.29) is 10.2 Å². The number of hydrogen-bond donors (Lipinski definition) is 1. The van der Waals surface area contributed by atoms with Crippen molar-refractivity contribution in [2.45, 2.75) is 20.4 Å². The van der Waals surface area contributed by atoms with Gasteiger partial charge in [0, 0.05) is 18.8 Å². The molecule has 18 heavy (non-hydrogen) atoms. The van der Waals surface area contributed by atoms with Crippen molar-refractivity contribution in [2.75, 3.05) is 5.32 Å². The Morgan fingerprint density at radius 3 is 2.72 bits per heavy atom. The highest BCUT2D eigenvalue weighted by Gasteiger charge is 2.11. The normalized spacial score (nSPS) is 10.7. The van der Waals surface area contributed by atoms with Crippen LogP contribution in [0.3, 0.4) is 0 Å². The molecule has 1 aromatic carbocycles. The molecule has 0 fully saturated rings. The number of hydrogen-bond acceptors (Lipinski definition) is 2. The Balaban J connectivity index is 2.36. The van der Waals surface area contributed by atoms with E-state index in [4.69, 9.17) is 0 Å². The Bertz CT molecular complexity index is 581. The molecule has 0 saturated carbocycles. The monoisotopic (exact) mass is 315 g/mol. The summed E-state index contributed by atoms with van der Waals surface area (Å²) in [6, 6.07) is 2.19. The Morgan fingerprint density at radius 2 is 2.06 bits per heavy atom. The van der Waals surface area contributed by atoms with Crippen molar-refractivity contribution >= 4 is 27.6 Å². The maximum absolute atomic E-state index is 13.6. The van der Waals surface area contributed by atoms with Crippen molar-refractivity contribution in [2.24, 2.45) is 0 Å². The van der Waals surface area contributed by atoms with E-state index >= 15 is 0 Å². The van der Waals surface area contributed by atoms with E-state index in [1.807, 2.05) is 24.6 Å². The van der Waals surface area contributed by atoms with Crippen molar-refractivity contribution < 1.29 is 8.78 Å². The first-order valence-corrected chi connectivity index (χ1v) is 6.26. The van der Waals surface area contributed by atoms with E-state index in [1.165, 1.54) is 6.07 Å². The zero-order valence-corrected chi connectivity index (χ0v) is 11.6. The minimum Gasteiger partial charge on any atom is -0.323 e. The predicted molar refractivity (Wildman–Crippen MR) is 70.0 cm³/mol. The average Bonchev–Trinajstić information content (AvgIpc) is 2.66. The quantitative estimate of drug-likeness (QED) is 0.868. The molecule has 0 aliphatic carbocycles. The fraction of sp³-hybridized carbons (Fsp3) is 0.250. The van der Waals surface area contributed by atoms with Crippen LogP contribution < -0.4 is 5.32 Å². The van der Waals surface area contributed by atoms with Crippen molar-refractivity contribution in [3.63, 3.8) is 0 Å². The van der Waals surface area contributed by atoms with E-state index in [0.29, 0.717) is 12.5 Å². The molecule has 2 aromatic rings. The van der Waals surface area contributed by atoms with Gasteiger partial charge in [-0.05, 0) is 35.8 Å². The number of halogens is 3. The highest BCUT2D eigenvalue weighted by Crippen LogP contribution is 2.26. The van der Waals surface area contributed by atoms with E-state index < -0.39 is 11.6 Å². The van der Waals surface area contributed by atoms with E-state index in [2.05, 4.69) is 26.2 Å². The van der Waals surface area contributed by atoms with Gasteiger partial charge in [0.25, 0.3) is 0 Å². The zero-order chi connectivity index (χ0) is 13.3. The molecule has 0 radical (unpaired) electrons. The minimum atomic E-state index is -0.654. The molecule has 0 spiro atoms. The summed E-state index contributed by atoms with van der Waals surface area (Å²) >= 11 is 3.03. The van der Waals surface area contributed by atoms with Gasteiger partial charge in [0.15, 0.2) is 0 Å². The Hall–Kier alpha value is -1.43. The third kappa shape index (κ3) is 2.53. The molecule has 1 heterocycles. The molecule has 0 bridgehead atoms. The number of nitrogens with one attached hydrogen (secondary N) is 1. The van der Waals surface area contributed by atoms with Gasteiger partial charge in [-0.15, -0.1) is 0 Å². The topological polar surface area (TPSA) is 29.9 Å². The fourth-order valence-electron chi connectivity index (χ4n) is 1.63. The molecule has 1 N–H and O–H groups in total. The van der Waals surface area contributed by atoms with Gasteiger partial charge in [0.05, 0.1) is 15.9 Å². The molecule has 0 unspecified atom stereocenters. The summed E-state index contributed by atoms with van der Waals surface area (Å²) in [6.45, 7) is 4.53. The second kappa shape index (κ2) is 5.06. The number of rotatable bonds is 3. The summed E-state index contributed by atoms with van der Waals surface area (Å²) in [4.78, 5) is 4.25. The largest absolute Gasteiger partial charge is 0.323 e. The molecule has 0 aliphatic heterocycles. The first-order valence-electron chi connectivity index (χ1n) is 5.46. The number of benzene rings is 1. The summed E-state index contributed by atoms with van der Waals surface area (Å²) in [5, 5.41) is 2.86. The van der Waals surface area contributed by atoms with E-state index in [0.717, 1.165) is 11.8 Å². The van der Waals surface area contributed by atoms with Crippen molar-refractivity contribution in [1.82, 2.24) is 9.55 Å². The molecule has 6 heteroatoms. The Morgan fingerprint density at radius 1 is 1.33 bits per heavy atom. The number of imidazole rings is 1. The SMILES string of the molecule is CCn1cc(C)nc1Nc1cc(Br)c(F)cc1F. The predicted octanol–water partition coefficient (Wildman–Crippen LogP) is 4.00. The van der Waals surface area contributed by atoms with Crippen LogP contribution >= 0.6 is 15.9 Å². The summed E-state index contributed by atoms with van der Waals surface area (Å²) < 4.78 is 28.8. The van der Waals surface area contributed by atoms with Gasteiger partial charge < -0.3 is 9.88 Å². The van der Waals surface area contributed by atoms with E-state index in [1.54, 1.807) is 0 Å². The summed E-state index contributed by atoms with van der Waals surface area (Å²) in [5.41, 5.74) is 1.02. The molecular weight excluding hydrogens is 304 g/mol. The van der Waals surface area contributed by atoms with Gasteiger partial charge in [-0.1, -0.05) is 0 Å². The van der Waals surface area contributed by atoms with Crippen LogP contribution in [-0.2, 0) is 6.54 Å². The molecule has 0 atom stereocenters. The number of nitrogens with zero attached hydrogens (tertiary/aromatic N) is 2. The van der Waals surface area contributed by atoms with Crippen LogP contribution in [0.4, 0.5) is 20.4 Å². The molecular formula is C12H12BrF2N3. The van der Waals surface area contributed by atoms with Gasteiger partial charge >= 0.3 is 0 Å². The Labute approximate surface area is 112 Å². The van der Waals surface area contributed by atoms with Crippen molar-refractivity contribution in [3.8, 4) is 0 Å². The molecule has 0 saturated heterocycles. The third-order valence-corrected chi connectivity index (χ3v) is 3.10. The summed E-state index contributed by atoms with van der Waals surface area (Å²) in [5.74, 6) is -0.750. The molecule has 96 valence electrons. The third-order valence-electron chi connectivity index (χ3n) is 2.49. The minimum absolute atomic E-state index is 0.184. The van der Waals surface area contributed by atoms with E-state index in [9.17, 15) is 8.78 Å². The maximum atomic E-state index is 13.6. The van der Waals surface area contributed by atoms with Gasteiger partial charge in [0.1, 0.15) is 11.6 Å². The second-order valence-electron chi connectivity index (χ2n) is 3.86. The first kappa shape index (κ1) is 13.0. The smallest absolute Gasteiger partial charge is 0.207 e. The van der Waals surface area contributed by atoms with Gasteiger partial charge in [-0.3, -0.25) is 0 Å². The van der Waals surface area contributed by atoms with Crippen LogP contribution in [0.1, 0.15) is 12.6 Å².